The van der Waals surface area contributed by atoms with E-state index in [0.717, 1.165) is 7.11 Å². The van der Waals surface area contributed by atoms with Gasteiger partial charge in [0.1, 0.15) is 0 Å². The van der Waals surface area contributed by atoms with Gasteiger partial charge in [-0.25, -0.2) is 4.79 Å². The number of hydrogen-bond acceptors (Lipinski definition) is 5. The maximum Gasteiger partial charge on any atom is 0.379 e. The normalized spacial score (nSPS) is 9.67. The number of Topliss-reactive ketones (excluding diaryl/α,β-unsaturated/α-hetero) is 1. The summed E-state index contributed by atoms with van der Waals surface area (Å²) < 4.78 is 4.56. The van der Waals surface area contributed by atoms with E-state index in [2.05, 4.69) is 27.2 Å². The molecule has 0 radical (unpaired) electrons. The summed E-state index contributed by atoms with van der Waals surface area (Å²) in [6.45, 7) is 3.41. The summed E-state index contributed by atoms with van der Waals surface area (Å²) in [4.78, 5) is 32.9. The standard InChI is InChI=1S/C11H8BrNO5/c1-6(10(14)11(15)18-2)9-7(12)4-3-5-8(9)13(16)17/h3-5H,1H2,2H3. The van der Waals surface area contributed by atoms with Gasteiger partial charge in [-0.2, -0.15) is 0 Å². The van der Waals surface area contributed by atoms with Gasteiger partial charge < -0.3 is 4.74 Å². The molecule has 94 valence electrons. The Balaban J connectivity index is 3.33. The number of nitrogens with zero attached hydrogens (tertiary/aromatic N) is 1. The van der Waals surface area contributed by atoms with E-state index in [1.54, 1.807) is 0 Å². The summed E-state index contributed by atoms with van der Waals surface area (Å²) in [6, 6.07) is 4.18. The highest BCUT2D eigenvalue weighted by Crippen LogP contribution is 2.32. The van der Waals surface area contributed by atoms with Gasteiger partial charge in [0.15, 0.2) is 0 Å². The van der Waals surface area contributed by atoms with Gasteiger partial charge in [0, 0.05) is 16.1 Å². The molecule has 0 saturated carbocycles. The van der Waals surface area contributed by atoms with Crippen LogP contribution in [0.3, 0.4) is 0 Å². The van der Waals surface area contributed by atoms with Crippen LogP contribution in [0.5, 0.6) is 0 Å². The molecule has 0 atom stereocenters. The van der Waals surface area contributed by atoms with Gasteiger partial charge in [-0.15, -0.1) is 0 Å². The predicted octanol–water partition coefficient (Wildman–Crippen LogP) is 2.11. The van der Waals surface area contributed by atoms with Crippen molar-refractivity contribution in [2.75, 3.05) is 7.11 Å². The third kappa shape index (κ3) is 2.62. The summed E-state index contributed by atoms with van der Waals surface area (Å²) in [7, 11) is 1.04. The second-order valence-electron chi connectivity index (χ2n) is 3.19. The van der Waals surface area contributed by atoms with Crippen LogP contribution in [0.25, 0.3) is 5.57 Å². The molecule has 1 aromatic rings. The molecular weight excluding hydrogens is 306 g/mol. The van der Waals surface area contributed by atoms with Crippen molar-refractivity contribution in [2.45, 2.75) is 0 Å². The smallest absolute Gasteiger partial charge is 0.379 e. The molecule has 0 heterocycles. The third-order valence-electron chi connectivity index (χ3n) is 2.13. The Morgan fingerprint density at radius 2 is 2.06 bits per heavy atom. The summed E-state index contributed by atoms with van der Waals surface area (Å²) in [6.07, 6.45) is 0. The largest absolute Gasteiger partial charge is 0.463 e. The molecule has 0 N–H and O–H groups in total. The lowest BCUT2D eigenvalue weighted by atomic mass is 10.0. The second-order valence-corrected chi connectivity index (χ2v) is 4.04. The Hall–Kier alpha value is -2.02. The van der Waals surface area contributed by atoms with Crippen LogP contribution in [0.4, 0.5) is 5.69 Å². The Morgan fingerprint density at radius 1 is 1.44 bits per heavy atom. The number of methoxy groups -OCH3 is 1. The predicted molar refractivity (Wildman–Crippen MR) is 66.9 cm³/mol. The fraction of sp³-hybridized carbons (Fsp3) is 0.0909. The van der Waals surface area contributed by atoms with Crippen LogP contribution in [0.1, 0.15) is 5.56 Å². The number of halogens is 1. The lowest BCUT2D eigenvalue weighted by Crippen LogP contribution is -2.17. The maximum atomic E-state index is 11.6. The fourth-order valence-electron chi connectivity index (χ4n) is 1.29. The van der Waals surface area contributed by atoms with Crippen molar-refractivity contribution in [3.63, 3.8) is 0 Å². The molecule has 0 aliphatic rings. The first-order valence-corrected chi connectivity index (χ1v) is 5.44. The lowest BCUT2D eigenvalue weighted by molar-refractivity contribution is -0.385. The number of ketones is 1. The molecule has 0 aliphatic carbocycles. The van der Waals surface area contributed by atoms with Gasteiger partial charge in [-0.3, -0.25) is 14.9 Å². The quantitative estimate of drug-likeness (QED) is 0.279. The van der Waals surface area contributed by atoms with Crippen LogP contribution in [0, 0.1) is 10.1 Å². The van der Waals surface area contributed by atoms with Crippen molar-refractivity contribution in [1.29, 1.82) is 0 Å². The monoisotopic (exact) mass is 313 g/mol. The molecule has 0 bridgehead atoms. The van der Waals surface area contributed by atoms with E-state index in [9.17, 15) is 19.7 Å². The molecule has 0 spiro atoms. The van der Waals surface area contributed by atoms with Gasteiger partial charge in [-0.1, -0.05) is 12.6 Å². The molecule has 7 heteroatoms. The summed E-state index contributed by atoms with van der Waals surface area (Å²) in [5.74, 6) is -2.14. The van der Waals surface area contributed by atoms with Crippen molar-refractivity contribution >= 4 is 38.9 Å². The van der Waals surface area contributed by atoms with Gasteiger partial charge in [0.05, 0.1) is 17.6 Å². The van der Waals surface area contributed by atoms with Crippen LogP contribution in [0.15, 0.2) is 29.3 Å². The number of esters is 1. The summed E-state index contributed by atoms with van der Waals surface area (Å²) in [5, 5.41) is 10.9. The van der Waals surface area contributed by atoms with Crippen LogP contribution in [-0.4, -0.2) is 23.8 Å². The number of benzene rings is 1. The summed E-state index contributed by atoms with van der Waals surface area (Å²) >= 11 is 3.09. The molecular formula is C11H8BrNO5. The molecule has 1 aromatic carbocycles. The average molecular weight is 314 g/mol. The molecule has 0 fully saturated rings. The lowest BCUT2D eigenvalue weighted by Gasteiger charge is -2.06. The van der Waals surface area contributed by atoms with Crippen LogP contribution in [-0.2, 0) is 14.3 Å². The van der Waals surface area contributed by atoms with Crippen molar-refractivity contribution < 1.29 is 19.2 Å². The van der Waals surface area contributed by atoms with Gasteiger partial charge in [0.2, 0.25) is 0 Å². The van der Waals surface area contributed by atoms with Crippen molar-refractivity contribution in [1.82, 2.24) is 0 Å². The first-order valence-electron chi connectivity index (χ1n) is 4.65. The zero-order valence-electron chi connectivity index (χ0n) is 9.31. The molecule has 0 amide bonds. The Labute approximate surface area is 111 Å². The number of ether oxygens (including phenoxy) is 1. The topological polar surface area (TPSA) is 86.5 Å². The van der Waals surface area contributed by atoms with Gasteiger partial charge in [-0.05, 0) is 22.0 Å². The van der Waals surface area contributed by atoms with Crippen LogP contribution >= 0.6 is 15.9 Å². The van der Waals surface area contributed by atoms with E-state index >= 15 is 0 Å². The Morgan fingerprint density at radius 3 is 2.56 bits per heavy atom. The molecule has 1 rings (SSSR count). The minimum Gasteiger partial charge on any atom is -0.463 e. The number of carbonyl (C=O) groups excluding carboxylic acids is 2. The SMILES string of the molecule is C=C(C(=O)C(=O)OC)c1c(Br)cccc1[N+](=O)[O-]. The molecule has 6 nitrogen and oxygen atoms in total. The number of carbonyl (C=O) groups is 2. The first-order chi connectivity index (χ1) is 8.40. The molecule has 0 saturated heterocycles. The third-order valence-corrected chi connectivity index (χ3v) is 2.80. The van der Waals surface area contributed by atoms with Crippen LogP contribution < -0.4 is 0 Å². The van der Waals surface area contributed by atoms with E-state index in [4.69, 9.17) is 0 Å². The van der Waals surface area contributed by atoms with Crippen molar-refractivity contribution in [2.24, 2.45) is 0 Å². The molecule has 0 aromatic heterocycles. The number of nitro benzene ring substituents is 1. The highest BCUT2D eigenvalue weighted by molar-refractivity contribution is 9.10. The molecule has 0 aliphatic heterocycles. The van der Waals surface area contributed by atoms with E-state index in [-0.39, 0.29) is 16.8 Å². The van der Waals surface area contributed by atoms with E-state index in [1.807, 2.05) is 0 Å². The fourth-order valence-corrected chi connectivity index (χ4v) is 1.89. The zero-order valence-corrected chi connectivity index (χ0v) is 10.9. The Bertz CT molecular complexity index is 552. The maximum absolute atomic E-state index is 11.6. The molecule has 0 unspecified atom stereocenters. The van der Waals surface area contributed by atoms with E-state index in [0.29, 0.717) is 4.47 Å². The van der Waals surface area contributed by atoms with Crippen LogP contribution in [0.2, 0.25) is 0 Å². The minimum atomic E-state index is -1.12. The van der Waals surface area contributed by atoms with Gasteiger partial charge >= 0.3 is 5.97 Å². The second kappa shape index (κ2) is 5.54. The van der Waals surface area contributed by atoms with E-state index < -0.39 is 16.7 Å². The number of nitro groups is 1. The van der Waals surface area contributed by atoms with Gasteiger partial charge in [0.25, 0.3) is 11.5 Å². The number of rotatable bonds is 4. The average Bonchev–Trinajstić information content (AvgIpc) is 2.35. The summed E-state index contributed by atoms with van der Waals surface area (Å²) in [5.41, 5.74) is -0.634. The minimum absolute atomic E-state index is 0.0297. The number of hydrogen-bond donors (Lipinski definition) is 0. The van der Waals surface area contributed by atoms with Crippen molar-refractivity contribution in [3.8, 4) is 0 Å². The zero-order chi connectivity index (χ0) is 13.9. The highest BCUT2D eigenvalue weighted by atomic mass is 79.9. The first kappa shape index (κ1) is 14.0. The Kier molecular flexibility index (Phi) is 4.33. The van der Waals surface area contributed by atoms with Crippen molar-refractivity contribution in [3.05, 3.63) is 44.9 Å². The van der Waals surface area contributed by atoms with E-state index in [1.165, 1.54) is 18.2 Å². The molecule has 18 heavy (non-hydrogen) atoms. The highest BCUT2D eigenvalue weighted by Gasteiger charge is 2.27.